The molecular formula is C18H16N2O4S. The number of carbonyl (C=O) groups is 1. The number of benzene rings is 2. The van der Waals surface area contributed by atoms with Gasteiger partial charge in [-0.2, -0.15) is 0 Å². The zero-order chi connectivity index (χ0) is 17.6. The van der Waals surface area contributed by atoms with Crippen LogP contribution in [0.25, 0.3) is 11.5 Å². The molecule has 0 radical (unpaired) electrons. The van der Waals surface area contributed by atoms with Crippen LogP contribution in [0.3, 0.4) is 0 Å². The third kappa shape index (κ3) is 4.39. The summed E-state index contributed by atoms with van der Waals surface area (Å²) >= 11 is 1.13. The first-order valence-corrected chi connectivity index (χ1v) is 8.51. The van der Waals surface area contributed by atoms with Crippen molar-refractivity contribution in [3.05, 3.63) is 54.1 Å². The highest BCUT2D eigenvalue weighted by atomic mass is 32.2. The predicted octanol–water partition coefficient (Wildman–Crippen LogP) is 3.75. The van der Waals surface area contributed by atoms with Gasteiger partial charge in [-0.1, -0.05) is 36.0 Å². The van der Waals surface area contributed by atoms with Crippen LogP contribution in [-0.4, -0.2) is 29.0 Å². The first-order valence-electron chi connectivity index (χ1n) is 7.53. The maximum absolute atomic E-state index is 11.9. The van der Waals surface area contributed by atoms with E-state index in [2.05, 4.69) is 10.2 Å². The number of thioether (sulfide) groups is 1. The number of hydrogen-bond donors (Lipinski definition) is 0. The Bertz CT molecular complexity index is 879. The van der Waals surface area contributed by atoms with Gasteiger partial charge < -0.3 is 13.9 Å². The average Bonchev–Trinajstić information content (AvgIpc) is 3.09. The SMILES string of the molecule is COc1cccc(OC(=O)CSc2nnc(-c3ccccc3C)o2)c1. The summed E-state index contributed by atoms with van der Waals surface area (Å²) in [5.41, 5.74) is 1.92. The van der Waals surface area contributed by atoms with E-state index in [9.17, 15) is 4.79 Å². The molecule has 0 aliphatic carbocycles. The van der Waals surface area contributed by atoms with Crippen LogP contribution < -0.4 is 9.47 Å². The van der Waals surface area contributed by atoms with Crippen LogP contribution in [0.15, 0.2) is 58.2 Å². The third-order valence-corrected chi connectivity index (χ3v) is 4.16. The molecule has 0 amide bonds. The number of hydrogen-bond acceptors (Lipinski definition) is 7. The van der Waals surface area contributed by atoms with Gasteiger partial charge in [0.05, 0.1) is 7.11 Å². The lowest BCUT2D eigenvalue weighted by atomic mass is 10.1. The maximum Gasteiger partial charge on any atom is 0.321 e. The molecule has 1 aromatic heterocycles. The quantitative estimate of drug-likeness (QED) is 0.378. The Morgan fingerprint density at radius 3 is 2.72 bits per heavy atom. The van der Waals surface area contributed by atoms with Crippen LogP contribution in [0.4, 0.5) is 0 Å². The molecule has 0 unspecified atom stereocenters. The fourth-order valence-electron chi connectivity index (χ4n) is 2.14. The summed E-state index contributed by atoms with van der Waals surface area (Å²) in [6.45, 7) is 1.97. The van der Waals surface area contributed by atoms with Gasteiger partial charge in [0, 0.05) is 11.6 Å². The van der Waals surface area contributed by atoms with Gasteiger partial charge in [0.1, 0.15) is 17.3 Å². The Balaban J connectivity index is 1.58. The highest BCUT2D eigenvalue weighted by molar-refractivity contribution is 7.99. The minimum atomic E-state index is -0.408. The van der Waals surface area contributed by atoms with Crippen molar-refractivity contribution in [1.29, 1.82) is 0 Å². The number of rotatable bonds is 6. The van der Waals surface area contributed by atoms with Gasteiger partial charge in [0.15, 0.2) is 0 Å². The summed E-state index contributed by atoms with van der Waals surface area (Å²) in [5.74, 6) is 1.14. The van der Waals surface area contributed by atoms with E-state index in [-0.39, 0.29) is 5.75 Å². The molecule has 0 saturated carbocycles. The van der Waals surface area contributed by atoms with E-state index in [1.54, 1.807) is 31.4 Å². The molecule has 3 rings (SSSR count). The van der Waals surface area contributed by atoms with Crippen molar-refractivity contribution in [3.8, 4) is 23.0 Å². The van der Waals surface area contributed by atoms with Crippen LogP contribution in [0.1, 0.15) is 5.56 Å². The second-order valence-corrected chi connectivity index (χ2v) is 6.06. The summed E-state index contributed by atoms with van der Waals surface area (Å²) < 4.78 is 16.0. The second-order valence-electron chi connectivity index (χ2n) is 5.13. The molecule has 0 spiro atoms. The standard InChI is InChI=1S/C18H16N2O4S/c1-12-6-3-4-9-15(12)17-19-20-18(24-17)25-11-16(21)23-14-8-5-7-13(10-14)22-2/h3-10H,11H2,1-2H3. The van der Waals surface area contributed by atoms with Gasteiger partial charge in [-0.15, -0.1) is 10.2 Å². The number of carbonyl (C=O) groups excluding carboxylic acids is 1. The lowest BCUT2D eigenvalue weighted by molar-refractivity contribution is -0.131. The topological polar surface area (TPSA) is 74.5 Å². The summed E-state index contributed by atoms with van der Waals surface area (Å²) in [7, 11) is 1.55. The molecule has 0 bridgehead atoms. The first-order chi connectivity index (χ1) is 12.2. The zero-order valence-electron chi connectivity index (χ0n) is 13.8. The maximum atomic E-state index is 11.9. The molecule has 25 heavy (non-hydrogen) atoms. The number of nitrogens with zero attached hydrogens (tertiary/aromatic N) is 2. The van der Waals surface area contributed by atoms with E-state index < -0.39 is 5.97 Å². The lowest BCUT2D eigenvalue weighted by Crippen LogP contribution is -2.10. The highest BCUT2D eigenvalue weighted by Crippen LogP contribution is 2.26. The number of ether oxygens (including phenoxy) is 2. The van der Waals surface area contributed by atoms with E-state index in [1.165, 1.54) is 0 Å². The summed E-state index contributed by atoms with van der Waals surface area (Å²) in [4.78, 5) is 11.9. The van der Waals surface area contributed by atoms with Crippen LogP contribution in [0.5, 0.6) is 11.5 Å². The number of esters is 1. The van der Waals surface area contributed by atoms with Crippen molar-refractivity contribution >= 4 is 17.7 Å². The Morgan fingerprint density at radius 2 is 1.92 bits per heavy atom. The molecule has 128 valence electrons. The molecule has 0 aliphatic rings. The summed E-state index contributed by atoms with van der Waals surface area (Å²) in [6, 6.07) is 14.6. The van der Waals surface area contributed by atoms with Crippen LogP contribution in [0.2, 0.25) is 0 Å². The number of methoxy groups -OCH3 is 1. The molecule has 0 saturated heterocycles. The van der Waals surface area contributed by atoms with Gasteiger partial charge in [-0.3, -0.25) is 4.79 Å². The molecule has 0 aliphatic heterocycles. The lowest BCUT2D eigenvalue weighted by Gasteiger charge is -2.05. The van der Waals surface area contributed by atoms with Gasteiger partial charge in [-0.05, 0) is 30.7 Å². The molecule has 1 heterocycles. The van der Waals surface area contributed by atoms with E-state index in [1.807, 2.05) is 31.2 Å². The summed E-state index contributed by atoms with van der Waals surface area (Å²) in [6.07, 6.45) is 0. The Labute approximate surface area is 149 Å². The Morgan fingerprint density at radius 1 is 1.12 bits per heavy atom. The largest absolute Gasteiger partial charge is 0.497 e. The van der Waals surface area contributed by atoms with Crippen LogP contribution >= 0.6 is 11.8 Å². The fraction of sp³-hybridized carbons (Fsp3) is 0.167. The van der Waals surface area contributed by atoms with E-state index in [0.29, 0.717) is 22.6 Å². The van der Waals surface area contributed by atoms with Gasteiger partial charge in [-0.25, -0.2) is 0 Å². The molecule has 0 atom stereocenters. The van der Waals surface area contributed by atoms with Crippen molar-refractivity contribution in [2.45, 2.75) is 12.1 Å². The normalized spacial score (nSPS) is 10.5. The van der Waals surface area contributed by atoms with Crippen molar-refractivity contribution < 1.29 is 18.7 Å². The first kappa shape index (κ1) is 17.0. The molecule has 7 heteroatoms. The minimum Gasteiger partial charge on any atom is -0.497 e. The van der Waals surface area contributed by atoms with Crippen molar-refractivity contribution in [2.75, 3.05) is 12.9 Å². The number of aryl methyl sites for hydroxylation is 1. The molecular weight excluding hydrogens is 340 g/mol. The van der Waals surface area contributed by atoms with Crippen molar-refractivity contribution in [3.63, 3.8) is 0 Å². The number of aromatic nitrogens is 2. The smallest absolute Gasteiger partial charge is 0.321 e. The predicted molar refractivity (Wildman–Crippen MR) is 93.8 cm³/mol. The molecule has 6 nitrogen and oxygen atoms in total. The third-order valence-electron chi connectivity index (χ3n) is 3.37. The molecule has 0 N–H and O–H groups in total. The molecule has 3 aromatic rings. The van der Waals surface area contributed by atoms with E-state index >= 15 is 0 Å². The van der Waals surface area contributed by atoms with Crippen LogP contribution in [-0.2, 0) is 4.79 Å². The zero-order valence-corrected chi connectivity index (χ0v) is 14.6. The summed E-state index contributed by atoms with van der Waals surface area (Å²) in [5, 5.41) is 8.30. The Hall–Kier alpha value is -2.80. The fourth-order valence-corrected chi connectivity index (χ4v) is 2.67. The van der Waals surface area contributed by atoms with Gasteiger partial charge in [0.25, 0.3) is 5.22 Å². The van der Waals surface area contributed by atoms with Crippen molar-refractivity contribution in [2.24, 2.45) is 0 Å². The molecule has 0 fully saturated rings. The monoisotopic (exact) mass is 356 g/mol. The van der Waals surface area contributed by atoms with Crippen LogP contribution in [0, 0.1) is 6.92 Å². The average molecular weight is 356 g/mol. The molecule has 2 aromatic carbocycles. The second kappa shape index (κ2) is 7.85. The van der Waals surface area contributed by atoms with Gasteiger partial charge in [0.2, 0.25) is 5.89 Å². The minimum absolute atomic E-state index is 0.0621. The van der Waals surface area contributed by atoms with Crippen molar-refractivity contribution in [1.82, 2.24) is 10.2 Å². The van der Waals surface area contributed by atoms with Gasteiger partial charge >= 0.3 is 5.97 Å². The Kier molecular flexibility index (Phi) is 5.35. The van der Waals surface area contributed by atoms with E-state index in [4.69, 9.17) is 13.9 Å². The highest BCUT2D eigenvalue weighted by Gasteiger charge is 2.13. The van der Waals surface area contributed by atoms with E-state index in [0.717, 1.165) is 22.9 Å².